The van der Waals surface area contributed by atoms with Crippen molar-refractivity contribution >= 4 is 46.3 Å². The summed E-state index contributed by atoms with van der Waals surface area (Å²) >= 11 is 6.31. The van der Waals surface area contributed by atoms with Gasteiger partial charge in [0.15, 0.2) is 0 Å². The van der Waals surface area contributed by atoms with Crippen molar-refractivity contribution in [2.24, 2.45) is 0 Å². The van der Waals surface area contributed by atoms with E-state index in [4.69, 9.17) is 12.2 Å². The molecule has 0 bridgehead atoms. The Morgan fingerprint density at radius 3 is 2.68 bits per heavy atom. The molecule has 22 heavy (non-hydrogen) atoms. The smallest absolute Gasteiger partial charge is 0.266 e. The second kappa shape index (κ2) is 7.38. The maximum absolute atomic E-state index is 12.2. The average Bonchev–Trinajstić information content (AvgIpc) is 2.72. The van der Waals surface area contributed by atoms with Crippen molar-refractivity contribution in [2.45, 2.75) is 13.3 Å². The van der Waals surface area contributed by atoms with Crippen LogP contribution in [-0.2, 0) is 9.59 Å². The number of benzene rings is 1. The van der Waals surface area contributed by atoms with Crippen LogP contribution in [-0.4, -0.2) is 27.6 Å². The lowest BCUT2D eigenvalue weighted by Crippen LogP contribution is -2.33. The summed E-state index contributed by atoms with van der Waals surface area (Å²) in [5.41, 5.74) is 1.97. The van der Waals surface area contributed by atoms with Crippen LogP contribution in [0.4, 0.5) is 0 Å². The second-order valence-corrected chi connectivity index (χ2v) is 6.43. The van der Waals surface area contributed by atoms with Crippen LogP contribution >= 0.6 is 24.0 Å². The number of carboxylic acid groups (broad SMARTS) is 1. The molecule has 0 atom stereocenters. The highest BCUT2D eigenvalue weighted by Crippen LogP contribution is 2.32. The van der Waals surface area contributed by atoms with Crippen molar-refractivity contribution in [1.29, 1.82) is 0 Å². The summed E-state index contributed by atoms with van der Waals surface area (Å²) in [6, 6.07) is 9.77. The van der Waals surface area contributed by atoms with Crippen LogP contribution in [0.15, 0.2) is 46.9 Å². The highest BCUT2D eigenvalue weighted by molar-refractivity contribution is 8.26. The molecule has 1 heterocycles. The van der Waals surface area contributed by atoms with Gasteiger partial charge in [-0.1, -0.05) is 60.4 Å². The lowest BCUT2D eigenvalue weighted by Gasteiger charge is -2.14. The predicted molar refractivity (Wildman–Crippen MR) is 89.7 cm³/mol. The van der Waals surface area contributed by atoms with Gasteiger partial charge in [0.05, 0.1) is 4.91 Å². The van der Waals surface area contributed by atoms with E-state index in [0.29, 0.717) is 9.23 Å². The van der Waals surface area contributed by atoms with Crippen molar-refractivity contribution in [3.63, 3.8) is 0 Å². The molecule has 4 nitrogen and oxygen atoms in total. The fraction of sp³-hybridized carbons (Fsp3) is 0.188. The monoisotopic (exact) mass is 332 g/mol. The van der Waals surface area contributed by atoms with E-state index < -0.39 is 5.97 Å². The van der Waals surface area contributed by atoms with Gasteiger partial charge in [-0.05, 0) is 24.1 Å². The van der Waals surface area contributed by atoms with Crippen LogP contribution in [0.25, 0.3) is 6.08 Å². The molecule has 0 aliphatic carbocycles. The van der Waals surface area contributed by atoms with Gasteiger partial charge in [-0.3, -0.25) is 9.69 Å². The normalized spacial score (nSPS) is 17.4. The predicted octanol–water partition coefficient (Wildman–Crippen LogP) is 1.97. The van der Waals surface area contributed by atoms with E-state index in [1.807, 2.05) is 43.3 Å². The number of amides is 1. The third-order valence-corrected chi connectivity index (χ3v) is 4.34. The number of carbonyl (C=O) groups is 2. The summed E-state index contributed by atoms with van der Waals surface area (Å²) in [4.78, 5) is 24.5. The fourth-order valence-electron chi connectivity index (χ4n) is 1.96. The van der Waals surface area contributed by atoms with Crippen molar-refractivity contribution in [1.82, 2.24) is 4.90 Å². The molecule has 0 saturated carbocycles. The number of rotatable bonds is 5. The Labute approximate surface area is 138 Å². The van der Waals surface area contributed by atoms with Gasteiger partial charge in [0, 0.05) is 18.9 Å². The highest BCUT2D eigenvalue weighted by atomic mass is 32.2. The van der Waals surface area contributed by atoms with Gasteiger partial charge in [0.2, 0.25) is 0 Å². The van der Waals surface area contributed by atoms with Gasteiger partial charge >= 0.3 is 0 Å². The molecule has 6 heteroatoms. The molecule has 0 unspecified atom stereocenters. The van der Waals surface area contributed by atoms with Crippen LogP contribution < -0.4 is 5.11 Å². The molecule has 114 valence electrons. The topological polar surface area (TPSA) is 60.4 Å². The van der Waals surface area contributed by atoms with Gasteiger partial charge in [-0.2, -0.15) is 0 Å². The Bertz CT molecular complexity index is 665. The number of thioether (sulfide) groups is 1. The number of aliphatic carboxylic acids is 1. The Kier molecular flexibility index (Phi) is 5.51. The van der Waals surface area contributed by atoms with E-state index in [1.54, 1.807) is 6.08 Å². The average molecular weight is 332 g/mol. The van der Waals surface area contributed by atoms with Crippen molar-refractivity contribution in [3.05, 3.63) is 52.4 Å². The number of nitrogens with zero attached hydrogens (tertiary/aromatic N) is 1. The van der Waals surface area contributed by atoms with E-state index in [-0.39, 0.29) is 18.9 Å². The van der Waals surface area contributed by atoms with E-state index >= 15 is 0 Å². The summed E-state index contributed by atoms with van der Waals surface area (Å²) in [6.07, 6.45) is 3.51. The molecule has 1 amide bonds. The van der Waals surface area contributed by atoms with Crippen LogP contribution in [0.2, 0.25) is 0 Å². The summed E-state index contributed by atoms with van der Waals surface area (Å²) in [5, 5.41) is 10.5. The molecule has 2 rings (SSSR count). The first kappa shape index (κ1) is 16.5. The third kappa shape index (κ3) is 4.29. The molecule has 1 aromatic carbocycles. The molecule has 0 radical (unpaired) electrons. The second-order valence-electron chi connectivity index (χ2n) is 4.75. The molecular formula is C16H14NO3S2-. The van der Waals surface area contributed by atoms with Crippen molar-refractivity contribution in [3.8, 4) is 0 Å². The lowest BCUT2D eigenvalue weighted by molar-refractivity contribution is -0.305. The molecule has 1 aliphatic heterocycles. The number of thiocarbonyl (C=S) groups is 1. The van der Waals surface area contributed by atoms with Gasteiger partial charge < -0.3 is 9.90 Å². The molecule has 0 aromatic heterocycles. The van der Waals surface area contributed by atoms with Gasteiger partial charge in [-0.15, -0.1) is 0 Å². The molecule has 1 fully saturated rings. The first-order valence-electron chi connectivity index (χ1n) is 6.66. The van der Waals surface area contributed by atoms with Gasteiger partial charge in [0.1, 0.15) is 4.32 Å². The Morgan fingerprint density at radius 2 is 2.05 bits per heavy atom. The zero-order valence-electron chi connectivity index (χ0n) is 11.9. The van der Waals surface area contributed by atoms with Crippen LogP contribution in [0.1, 0.15) is 18.9 Å². The molecule has 1 saturated heterocycles. The van der Waals surface area contributed by atoms with Crippen LogP contribution in [0.5, 0.6) is 0 Å². The first-order chi connectivity index (χ1) is 10.5. The van der Waals surface area contributed by atoms with Crippen LogP contribution in [0, 0.1) is 0 Å². The summed E-state index contributed by atoms with van der Waals surface area (Å²) < 4.78 is 0.380. The minimum atomic E-state index is -1.20. The van der Waals surface area contributed by atoms with Crippen molar-refractivity contribution < 1.29 is 14.7 Å². The largest absolute Gasteiger partial charge is 0.550 e. The van der Waals surface area contributed by atoms with Gasteiger partial charge in [-0.25, -0.2) is 0 Å². The number of hydrogen-bond donors (Lipinski definition) is 0. The number of carbonyl (C=O) groups excluding carboxylic acids is 2. The van der Waals surface area contributed by atoms with E-state index in [1.165, 1.54) is 16.7 Å². The molecule has 0 spiro atoms. The zero-order valence-corrected chi connectivity index (χ0v) is 13.6. The Balaban J connectivity index is 2.12. The van der Waals surface area contributed by atoms with E-state index in [9.17, 15) is 14.7 Å². The molecule has 1 aliphatic rings. The third-order valence-electron chi connectivity index (χ3n) is 2.97. The lowest BCUT2D eigenvalue weighted by atomic mass is 10.1. The highest BCUT2D eigenvalue weighted by Gasteiger charge is 2.31. The Morgan fingerprint density at radius 1 is 1.36 bits per heavy atom. The molecule has 0 N–H and O–H groups in total. The quantitative estimate of drug-likeness (QED) is 0.609. The summed E-state index contributed by atoms with van der Waals surface area (Å²) in [5.74, 6) is -1.45. The minimum absolute atomic E-state index is 0.0474. The maximum atomic E-state index is 12.2. The van der Waals surface area contributed by atoms with Gasteiger partial charge in [0.25, 0.3) is 5.91 Å². The molecule has 1 aromatic rings. The van der Waals surface area contributed by atoms with E-state index in [2.05, 4.69) is 0 Å². The maximum Gasteiger partial charge on any atom is 0.266 e. The number of allylic oxidation sites excluding steroid dienone is 2. The number of carboxylic acids is 1. The standard InChI is InChI=1S/C16H15NO3S2/c1-11(9-12-5-3-2-4-6-12)10-13-15(20)17(16(21)22-13)8-7-14(18)19/h2-6,9-10H,7-8H2,1H3,(H,18,19)/p-1. The number of hydrogen-bond acceptors (Lipinski definition) is 5. The summed E-state index contributed by atoms with van der Waals surface area (Å²) in [7, 11) is 0. The molecular weight excluding hydrogens is 318 g/mol. The van der Waals surface area contributed by atoms with Crippen LogP contribution in [0.3, 0.4) is 0 Å². The Hall–Kier alpha value is -1.92. The first-order valence-corrected chi connectivity index (χ1v) is 7.88. The van der Waals surface area contributed by atoms with Crippen molar-refractivity contribution in [2.75, 3.05) is 6.54 Å². The fourth-order valence-corrected chi connectivity index (χ4v) is 3.31. The summed E-state index contributed by atoms with van der Waals surface area (Å²) in [6.45, 7) is 1.95. The minimum Gasteiger partial charge on any atom is -0.550 e. The SMILES string of the molecule is CC(=Cc1ccccc1)C=C1SC(=S)N(CCC(=O)[O-])C1=O. The zero-order chi connectivity index (χ0) is 16.1. The van der Waals surface area contributed by atoms with E-state index in [0.717, 1.165) is 11.1 Å².